The third-order valence-electron chi connectivity index (χ3n) is 6.72. The van der Waals surface area contributed by atoms with Crippen LogP contribution in [0.2, 0.25) is 0 Å². The summed E-state index contributed by atoms with van der Waals surface area (Å²) in [7, 11) is -3.18. The van der Waals surface area contributed by atoms with Gasteiger partial charge in [0.2, 0.25) is 10.0 Å². The van der Waals surface area contributed by atoms with E-state index in [1.165, 1.54) is 27.3 Å². The molecule has 0 amide bonds. The molecule has 7 heteroatoms. The van der Waals surface area contributed by atoms with Crippen LogP contribution >= 0.6 is 0 Å². The number of nitrogens with zero attached hydrogens (tertiary/aromatic N) is 3. The van der Waals surface area contributed by atoms with E-state index in [0.29, 0.717) is 13.1 Å². The second-order valence-electron chi connectivity index (χ2n) is 8.35. The third-order valence-corrected chi connectivity index (χ3v) is 7.92. The predicted molar refractivity (Wildman–Crippen MR) is 97.7 cm³/mol. The first-order valence-electron chi connectivity index (χ1n) is 9.11. The summed E-state index contributed by atoms with van der Waals surface area (Å²) in [5, 5.41) is 11.2. The van der Waals surface area contributed by atoms with E-state index in [0.717, 1.165) is 25.0 Å². The molecular formula is C19H23N3O3S. The van der Waals surface area contributed by atoms with Crippen LogP contribution in [-0.4, -0.2) is 52.8 Å². The van der Waals surface area contributed by atoms with Crippen molar-refractivity contribution >= 4 is 15.6 Å². The van der Waals surface area contributed by atoms with Gasteiger partial charge in [-0.1, -0.05) is 0 Å². The van der Waals surface area contributed by atoms with Crippen LogP contribution in [-0.2, 0) is 10.0 Å². The average Bonchev–Trinajstić information content (AvgIpc) is 3.18. The van der Waals surface area contributed by atoms with Crippen molar-refractivity contribution in [3.8, 4) is 0 Å². The van der Waals surface area contributed by atoms with Gasteiger partial charge in [-0.3, -0.25) is 0 Å². The lowest BCUT2D eigenvalue weighted by Gasteiger charge is -2.49. The molecule has 0 unspecified atom stereocenters. The zero-order valence-electron chi connectivity index (χ0n) is 15.0. The fourth-order valence-corrected chi connectivity index (χ4v) is 6.32. The van der Waals surface area contributed by atoms with Crippen molar-refractivity contribution in [2.24, 2.45) is 11.3 Å². The maximum absolute atomic E-state index is 11.8. The molecule has 5 rings (SSSR count). The number of sulfonamides is 1. The lowest BCUT2D eigenvalue weighted by Crippen LogP contribution is -2.62. The molecule has 26 heavy (non-hydrogen) atoms. The highest BCUT2D eigenvalue weighted by Gasteiger charge is 2.59. The number of hydrogen-bond acceptors (Lipinski definition) is 4. The van der Waals surface area contributed by atoms with E-state index < -0.39 is 16.1 Å². The van der Waals surface area contributed by atoms with Crippen molar-refractivity contribution in [2.45, 2.75) is 38.3 Å². The van der Waals surface area contributed by atoms with Crippen molar-refractivity contribution in [1.82, 2.24) is 13.9 Å². The molecule has 1 N–H and O–H groups in total. The summed E-state index contributed by atoms with van der Waals surface area (Å²) in [6, 6.07) is 0.0739. The van der Waals surface area contributed by atoms with E-state index in [-0.39, 0.29) is 17.4 Å². The normalized spacial score (nSPS) is 32.6. The Balaban J connectivity index is 1.47. The molecule has 4 aliphatic rings. The Labute approximate surface area is 153 Å². The van der Waals surface area contributed by atoms with E-state index in [9.17, 15) is 13.5 Å². The van der Waals surface area contributed by atoms with Crippen molar-refractivity contribution in [1.29, 1.82) is 0 Å². The number of hydrogen-bond donors (Lipinski definition) is 1. The lowest BCUT2D eigenvalue weighted by molar-refractivity contribution is -0.0549. The van der Waals surface area contributed by atoms with Gasteiger partial charge in [0.15, 0.2) is 0 Å². The summed E-state index contributed by atoms with van der Waals surface area (Å²) >= 11 is 0. The summed E-state index contributed by atoms with van der Waals surface area (Å²) in [6.07, 6.45) is 9.23. The molecule has 2 aliphatic heterocycles. The SMILES string of the molecule is CC1=C=CC2=C(C1)c1cncn1[C@@H]2[C@H]1CCC2(CN(S(C)(=O)=O)C2)[C@@H]1O. The van der Waals surface area contributed by atoms with E-state index in [1.807, 2.05) is 12.5 Å². The highest BCUT2D eigenvalue weighted by molar-refractivity contribution is 7.88. The zero-order valence-corrected chi connectivity index (χ0v) is 15.8. The van der Waals surface area contributed by atoms with Crippen LogP contribution in [0.4, 0.5) is 0 Å². The van der Waals surface area contributed by atoms with Crippen LogP contribution in [0.3, 0.4) is 0 Å². The number of imidazole rings is 1. The van der Waals surface area contributed by atoms with Crippen molar-refractivity contribution in [3.63, 3.8) is 0 Å². The molecular weight excluding hydrogens is 350 g/mol. The summed E-state index contributed by atoms with van der Waals surface area (Å²) in [5.41, 5.74) is 7.95. The first kappa shape index (κ1) is 16.5. The minimum Gasteiger partial charge on any atom is -0.392 e. The Bertz CT molecular complexity index is 991. The number of fused-ring (bicyclic) bond motifs is 2. The smallest absolute Gasteiger partial charge is 0.211 e. The molecule has 0 aromatic carbocycles. The van der Waals surface area contributed by atoms with Crippen LogP contribution in [0.1, 0.15) is 37.9 Å². The van der Waals surface area contributed by atoms with Gasteiger partial charge in [-0.2, -0.15) is 0 Å². The van der Waals surface area contributed by atoms with Gasteiger partial charge >= 0.3 is 0 Å². The average molecular weight is 373 g/mol. The minimum absolute atomic E-state index is 0.0739. The van der Waals surface area contributed by atoms with E-state index in [4.69, 9.17) is 0 Å². The summed E-state index contributed by atoms with van der Waals surface area (Å²) in [4.78, 5) is 4.34. The highest BCUT2D eigenvalue weighted by Crippen LogP contribution is 2.56. The number of allylic oxidation sites excluding steroid dienone is 3. The second kappa shape index (κ2) is 5.20. The maximum Gasteiger partial charge on any atom is 0.211 e. The van der Waals surface area contributed by atoms with Crippen LogP contribution < -0.4 is 0 Å². The second-order valence-corrected chi connectivity index (χ2v) is 10.3. The first-order valence-corrected chi connectivity index (χ1v) is 11.0. The Hall–Kier alpha value is -1.66. The lowest BCUT2D eigenvalue weighted by atomic mass is 9.75. The molecule has 3 atom stereocenters. The fourth-order valence-electron chi connectivity index (χ4n) is 5.34. The zero-order chi connectivity index (χ0) is 18.3. The van der Waals surface area contributed by atoms with Gasteiger partial charge in [-0.25, -0.2) is 17.7 Å². The predicted octanol–water partition coefficient (Wildman–Crippen LogP) is 1.73. The molecule has 1 aromatic rings. The Morgan fingerprint density at radius 2 is 2.15 bits per heavy atom. The van der Waals surface area contributed by atoms with Crippen LogP contribution in [0.15, 0.2) is 35.5 Å². The van der Waals surface area contributed by atoms with Crippen LogP contribution in [0, 0.1) is 11.3 Å². The van der Waals surface area contributed by atoms with Crippen molar-refractivity contribution < 1.29 is 13.5 Å². The van der Waals surface area contributed by atoms with Crippen LogP contribution in [0.25, 0.3) is 5.57 Å². The van der Waals surface area contributed by atoms with Gasteiger partial charge in [0.1, 0.15) is 0 Å². The molecule has 1 saturated heterocycles. The molecule has 1 aromatic heterocycles. The van der Waals surface area contributed by atoms with Gasteiger partial charge in [0.25, 0.3) is 0 Å². The van der Waals surface area contributed by atoms with Gasteiger partial charge in [0.05, 0.1) is 36.6 Å². The molecule has 2 fully saturated rings. The molecule has 6 nitrogen and oxygen atoms in total. The highest BCUT2D eigenvalue weighted by atomic mass is 32.2. The summed E-state index contributed by atoms with van der Waals surface area (Å²) < 4.78 is 27.2. The van der Waals surface area contributed by atoms with Crippen molar-refractivity contribution in [2.75, 3.05) is 19.3 Å². The van der Waals surface area contributed by atoms with Gasteiger partial charge < -0.3 is 9.67 Å². The quantitative estimate of drug-likeness (QED) is 0.801. The Kier molecular flexibility index (Phi) is 3.30. The number of rotatable bonds is 2. The summed E-state index contributed by atoms with van der Waals surface area (Å²) in [6.45, 7) is 2.96. The maximum atomic E-state index is 11.8. The van der Waals surface area contributed by atoms with E-state index >= 15 is 0 Å². The van der Waals surface area contributed by atoms with Crippen molar-refractivity contribution in [3.05, 3.63) is 41.2 Å². The molecule has 1 saturated carbocycles. The van der Waals surface area contributed by atoms with E-state index in [2.05, 4.69) is 28.3 Å². The Morgan fingerprint density at radius 3 is 2.88 bits per heavy atom. The van der Waals surface area contributed by atoms with Gasteiger partial charge in [-0.05, 0) is 42.6 Å². The first-order chi connectivity index (χ1) is 12.3. The Morgan fingerprint density at radius 1 is 1.38 bits per heavy atom. The monoisotopic (exact) mass is 373 g/mol. The largest absolute Gasteiger partial charge is 0.392 e. The standard InChI is InChI=1S/C19H23N3O3S/c1-12-3-4-13-15(7-12)16-8-20-11-22(16)17(13)14-5-6-19(18(14)23)9-21(10-19)26(2,24)25/h4,8,11,14,17-18,23H,5-7,9-10H2,1-2H3/t14-,17+,18-/m1/s1. The number of aromatic nitrogens is 2. The van der Waals surface area contributed by atoms with Crippen LogP contribution in [0.5, 0.6) is 0 Å². The molecule has 0 radical (unpaired) electrons. The molecule has 3 heterocycles. The molecule has 138 valence electrons. The summed E-state index contributed by atoms with van der Waals surface area (Å²) in [5.74, 6) is 0.0774. The fraction of sp³-hybridized carbons (Fsp3) is 0.579. The number of aliphatic hydroxyl groups is 1. The minimum atomic E-state index is -3.18. The van der Waals surface area contributed by atoms with Gasteiger partial charge in [0, 0.05) is 30.8 Å². The molecule has 0 bridgehead atoms. The molecule has 2 aliphatic carbocycles. The topological polar surface area (TPSA) is 75.4 Å². The number of aliphatic hydroxyl groups excluding tert-OH is 1. The third kappa shape index (κ3) is 2.12. The van der Waals surface area contributed by atoms with Gasteiger partial charge in [-0.15, -0.1) is 5.73 Å². The molecule has 1 spiro atoms. The van der Waals surface area contributed by atoms with E-state index in [1.54, 1.807) is 0 Å².